The van der Waals surface area contributed by atoms with Gasteiger partial charge in [0, 0.05) is 22.3 Å². The number of Topliss-reactive ketones (excluding diaryl/α,β-unsaturated/α-hetero) is 2. The maximum atomic E-state index is 13.2. The Morgan fingerprint density at radius 3 is 2.43 bits per heavy atom. The normalized spacial score (nSPS) is 21.4. The van der Waals surface area contributed by atoms with Gasteiger partial charge in [0.1, 0.15) is 17.0 Å². The van der Waals surface area contributed by atoms with Crippen LogP contribution in [-0.2, 0) is 33.7 Å². The average molecular weight is 437 g/mol. The van der Waals surface area contributed by atoms with Gasteiger partial charge in [-0.05, 0) is 42.8 Å². The van der Waals surface area contributed by atoms with E-state index in [1.165, 1.54) is 11.3 Å². The van der Waals surface area contributed by atoms with Gasteiger partial charge in [0.05, 0.1) is 18.9 Å². The first-order valence-corrected chi connectivity index (χ1v) is 10.3. The summed E-state index contributed by atoms with van der Waals surface area (Å²) in [4.78, 5) is 29.8. The molecule has 9 heteroatoms. The lowest BCUT2D eigenvalue weighted by molar-refractivity contribution is -0.141. The fourth-order valence-corrected chi connectivity index (χ4v) is 4.62. The third-order valence-corrected chi connectivity index (χ3v) is 6.34. The maximum Gasteiger partial charge on any atom is 0.433 e. The number of pyridine rings is 1. The van der Waals surface area contributed by atoms with Crippen LogP contribution in [0.5, 0.6) is 0 Å². The molecule has 2 unspecified atom stereocenters. The van der Waals surface area contributed by atoms with Gasteiger partial charge in [0.2, 0.25) is 0 Å². The van der Waals surface area contributed by atoms with Crippen LogP contribution in [0.25, 0.3) is 5.76 Å². The zero-order chi connectivity index (χ0) is 21.5. The minimum absolute atomic E-state index is 0.0906. The van der Waals surface area contributed by atoms with E-state index in [1.807, 2.05) is 17.5 Å². The van der Waals surface area contributed by atoms with Crippen molar-refractivity contribution in [2.45, 2.75) is 38.7 Å². The quantitative estimate of drug-likeness (QED) is 0.416. The molecule has 2 aliphatic rings. The number of alkyl halides is 3. The lowest BCUT2D eigenvalue weighted by Gasteiger charge is -2.21. The summed E-state index contributed by atoms with van der Waals surface area (Å²) in [5.41, 5.74) is -1.73. The number of aliphatic hydroxyl groups excluding tert-OH is 1. The summed E-state index contributed by atoms with van der Waals surface area (Å²) in [7, 11) is 0. The lowest BCUT2D eigenvalue weighted by atomic mass is 9.81. The van der Waals surface area contributed by atoms with Crippen LogP contribution in [0.4, 0.5) is 13.2 Å². The Morgan fingerprint density at radius 1 is 1.13 bits per heavy atom. The van der Waals surface area contributed by atoms with Crippen LogP contribution >= 0.6 is 11.3 Å². The Bertz CT molecular complexity index is 990. The zero-order valence-corrected chi connectivity index (χ0v) is 16.6. The van der Waals surface area contributed by atoms with Crippen LogP contribution in [0.3, 0.4) is 0 Å². The number of carbonyl (C=O) groups is 2. The van der Waals surface area contributed by atoms with Crippen molar-refractivity contribution >= 4 is 28.7 Å². The molecule has 2 aromatic rings. The summed E-state index contributed by atoms with van der Waals surface area (Å²) in [5, 5.41) is 12.6. The molecule has 2 bridgehead atoms. The van der Waals surface area contributed by atoms with Crippen molar-refractivity contribution in [3.8, 4) is 0 Å². The third kappa shape index (κ3) is 3.91. The minimum Gasteiger partial charge on any atom is -0.506 e. The van der Waals surface area contributed by atoms with E-state index in [2.05, 4.69) is 4.98 Å². The molecule has 0 radical (unpaired) electrons. The van der Waals surface area contributed by atoms with Crippen LogP contribution in [0, 0.1) is 11.8 Å². The first-order chi connectivity index (χ1) is 14.3. The molecule has 0 spiro atoms. The number of ketones is 2. The van der Waals surface area contributed by atoms with E-state index in [0.717, 1.165) is 17.0 Å². The lowest BCUT2D eigenvalue weighted by Crippen LogP contribution is -2.30. The molecule has 2 saturated carbocycles. The van der Waals surface area contributed by atoms with Gasteiger partial charge in [0.15, 0.2) is 11.6 Å². The SMILES string of the molecule is O=C1C(=C(O)c2ccc(C(F)(F)F)nc2COCc2cccs2)C(=O)C2CCC1C2. The van der Waals surface area contributed by atoms with Crippen molar-refractivity contribution in [1.29, 1.82) is 0 Å². The van der Waals surface area contributed by atoms with Crippen LogP contribution < -0.4 is 0 Å². The monoisotopic (exact) mass is 437 g/mol. The number of aliphatic hydroxyl groups is 1. The molecule has 0 aromatic carbocycles. The highest BCUT2D eigenvalue weighted by Gasteiger charge is 2.45. The van der Waals surface area contributed by atoms with Crippen LogP contribution in [0.2, 0.25) is 0 Å². The molecule has 2 fully saturated rings. The zero-order valence-electron chi connectivity index (χ0n) is 15.7. The number of allylic oxidation sites excluding steroid dienone is 1. The first-order valence-electron chi connectivity index (χ1n) is 9.45. The number of carbonyl (C=O) groups excluding carboxylic acids is 2. The topological polar surface area (TPSA) is 76.5 Å². The van der Waals surface area contributed by atoms with Crippen molar-refractivity contribution in [3.05, 3.63) is 57.0 Å². The Balaban J connectivity index is 1.70. The Labute approximate surface area is 174 Å². The van der Waals surface area contributed by atoms with Gasteiger partial charge in [-0.15, -0.1) is 11.3 Å². The molecular formula is C21H18F3NO4S. The van der Waals surface area contributed by atoms with Crippen LogP contribution in [0.1, 0.15) is 41.1 Å². The van der Waals surface area contributed by atoms with Gasteiger partial charge < -0.3 is 9.84 Å². The van der Waals surface area contributed by atoms with Gasteiger partial charge in [-0.3, -0.25) is 9.59 Å². The number of thiophene rings is 1. The number of halogens is 3. The highest BCUT2D eigenvalue weighted by atomic mass is 32.1. The number of hydrogen-bond acceptors (Lipinski definition) is 6. The number of aromatic nitrogens is 1. The third-order valence-electron chi connectivity index (χ3n) is 5.49. The number of hydrogen-bond donors (Lipinski definition) is 1. The highest BCUT2D eigenvalue weighted by Crippen LogP contribution is 2.42. The first kappa shape index (κ1) is 20.7. The van der Waals surface area contributed by atoms with Gasteiger partial charge in [-0.25, -0.2) is 4.98 Å². The fraction of sp³-hybridized carbons (Fsp3) is 0.381. The number of rotatable bonds is 5. The van der Waals surface area contributed by atoms with Crippen LogP contribution in [-0.4, -0.2) is 21.7 Å². The van der Waals surface area contributed by atoms with Crippen molar-refractivity contribution in [3.63, 3.8) is 0 Å². The van der Waals surface area contributed by atoms with Crippen molar-refractivity contribution < 1.29 is 32.6 Å². The van der Waals surface area contributed by atoms with Crippen LogP contribution in [0.15, 0.2) is 35.2 Å². The summed E-state index contributed by atoms with van der Waals surface area (Å²) in [6.45, 7) is -0.155. The van der Waals surface area contributed by atoms with Crippen molar-refractivity contribution in [2.75, 3.05) is 0 Å². The summed E-state index contributed by atoms with van der Waals surface area (Å²) in [5.74, 6) is -2.16. The minimum atomic E-state index is -4.68. The summed E-state index contributed by atoms with van der Waals surface area (Å²) < 4.78 is 44.9. The molecule has 1 N–H and O–H groups in total. The van der Waals surface area contributed by atoms with Gasteiger partial charge in [0.25, 0.3) is 0 Å². The maximum absolute atomic E-state index is 13.2. The van der Waals surface area contributed by atoms with Crippen molar-refractivity contribution in [1.82, 2.24) is 4.98 Å². The molecular weight excluding hydrogens is 419 g/mol. The second-order valence-corrected chi connectivity index (χ2v) is 8.45. The van der Waals surface area contributed by atoms with Gasteiger partial charge >= 0.3 is 6.18 Å². The fourth-order valence-electron chi connectivity index (χ4n) is 3.98. The van der Waals surface area contributed by atoms with Crippen molar-refractivity contribution in [2.24, 2.45) is 11.8 Å². The van der Waals surface area contributed by atoms with E-state index in [1.54, 1.807) is 0 Å². The average Bonchev–Trinajstić information content (AvgIpc) is 3.37. The highest BCUT2D eigenvalue weighted by molar-refractivity contribution is 7.09. The van der Waals surface area contributed by atoms with E-state index >= 15 is 0 Å². The Hall–Kier alpha value is -2.52. The molecule has 30 heavy (non-hydrogen) atoms. The molecule has 0 aliphatic heterocycles. The molecule has 2 aromatic heterocycles. The molecule has 2 atom stereocenters. The Kier molecular flexibility index (Phi) is 5.50. The van der Waals surface area contributed by atoms with E-state index in [0.29, 0.717) is 19.3 Å². The standard InChI is InChI=1S/C21H18F3NO4S/c22-21(23,24)16-6-5-14(15(25-16)10-29-9-13-2-1-7-30-13)20(28)17-18(26)11-3-4-12(8-11)19(17)27/h1-2,5-7,11-12,28H,3-4,8-10H2. The molecule has 0 saturated heterocycles. The summed E-state index contributed by atoms with van der Waals surface area (Å²) >= 11 is 1.43. The second-order valence-electron chi connectivity index (χ2n) is 7.42. The largest absolute Gasteiger partial charge is 0.506 e. The predicted octanol–water partition coefficient (Wildman–Crippen LogP) is 4.72. The molecule has 2 aliphatic carbocycles. The molecule has 2 heterocycles. The number of ether oxygens (including phenoxy) is 1. The number of fused-ring (bicyclic) bond motifs is 2. The smallest absolute Gasteiger partial charge is 0.433 e. The molecule has 158 valence electrons. The van der Waals surface area contributed by atoms with E-state index in [4.69, 9.17) is 4.74 Å². The van der Waals surface area contributed by atoms with E-state index in [-0.39, 0.29) is 41.9 Å². The summed E-state index contributed by atoms with van der Waals surface area (Å²) in [6.07, 6.45) is -3.06. The van der Waals surface area contributed by atoms with Gasteiger partial charge in [-0.1, -0.05) is 6.07 Å². The number of nitrogens with zero attached hydrogens (tertiary/aromatic N) is 1. The van der Waals surface area contributed by atoms with E-state index in [9.17, 15) is 27.9 Å². The molecule has 5 nitrogen and oxygen atoms in total. The van der Waals surface area contributed by atoms with Gasteiger partial charge in [-0.2, -0.15) is 13.2 Å². The molecule has 0 amide bonds. The Morgan fingerprint density at radius 2 is 1.83 bits per heavy atom. The predicted molar refractivity (Wildman–Crippen MR) is 102 cm³/mol. The molecule has 4 rings (SSSR count). The summed E-state index contributed by atoms with van der Waals surface area (Å²) in [6, 6.07) is 5.40. The van der Waals surface area contributed by atoms with E-state index < -0.39 is 29.2 Å². The second kappa shape index (κ2) is 7.96.